The van der Waals surface area contributed by atoms with E-state index >= 15 is 0 Å². The molecular weight excluding hydrogens is 252 g/mol. The van der Waals surface area contributed by atoms with Crippen molar-refractivity contribution < 1.29 is 9.53 Å². The Hall–Kier alpha value is -1.76. The van der Waals surface area contributed by atoms with E-state index in [2.05, 4.69) is 14.7 Å². The molecule has 0 atom stereocenters. The predicted octanol–water partition coefficient (Wildman–Crippen LogP) is 0.499. The summed E-state index contributed by atoms with van der Waals surface area (Å²) in [6.45, 7) is 3.94. The number of aromatic nitrogens is 2. The van der Waals surface area contributed by atoms with Crippen molar-refractivity contribution in [1.29, 1.82) is 0 Å². The van der Waals surface area contributed by atoms with Crippen LogP contribution in [-0.4, -0.2) is 40.6 Å². The van der Waals surface area contributed by atoms with Crippen LogP contribution in [0.5, 0.6) is 0 Å². The molecule has 0 spiro atoms. The second kappa shape index (κ2) is 6.25. The Balaban J connectivity index is 3.02. The number of rotatable bonds is 5. The SMILES string of the molecule is COC(=O)CN(c1nccc(C(N)=S)n1)C(C)C. The zero-order chi connectivity index (χ0) is 13.7. The molecule has 6 nitrogen and oxygen atoms in total. The molecule has 2 N–H and O–H groups in total. The number of ether oxygens (including phenoxy) is 1. The van der Waals surface area contributed by atoms with Gasteiger partial charge in [-0.3, -0.25) is 4.79 Å². The summed E-state index contributed by atoms with van der Waals surface area (Å²) in [4.78, 5) is 21.6. The van der Waals surface area contributed by atoms with Crippen LogP contribution < -0.4 is 10.6 Å². The van der Waals surface area contributed by atoms with E-state index in [9.17, 15) is 4.79 Å². The van der Waals surface area contributed by atoms with Gasteiger partial charge in [0.2, 0.25) is 5.95 Å². The third-order valence-electron chi connectivity index (χ3n) is 2.30. The normalized spacial score (nSPS) is 10.2. The first-order valence-corrected chi connectivity index (χ1v) is 5.82. The molecule has 7 heteroatoms. The molecule has 0 aromatic carbocycles. The van der Waals surface area contributed by atoms with Crippen molar-refractivity contribution in [2.24, 2.45) is 5.73 Å². The topological polar surface area (TPSA) is 81.3 Å². The lowest BCUT2D eigenvalue weighted by molar-refractivity contribution is -0.139. The smallest absolute Gasteiger partial charge is 0.325 e. The Bertz CT molecular complexity index is 450. The molecule has 0 amide bonds. The molecule has 0 bridgehead atoms. The number of methoxy groups -OCH3 is 1. The van der Waals surface area contributed by atoms with E-state index in [1.807, 2.05) is 13.8 Å². The number of hydrogen-bond donors (Lipinski definition) is 1. The third kappa shape index (κ3) is 3.63. The third-order valence-corrected chi connectivity index (χ3v) is 2.51. The molecular formula is C11H16N4O2S. The number of thiocarbonyl (C=S) groups is 1. The van der Waals surface area contributed by atoms with E-state index < -0.39 is 0 Å². The summed E-state index contributed by atoms with van der Waals surface area (Å²) in [6, 6.07) is 1.67. The molecule has 1 heterocycles. The van der Waals surface area contributed by atoms with Crippen LogP contribution in [0.4, 0.5) is 5.95 Å². The van der Waals surface area contributed by atoms with Crippen LogP contribution >= 0.6 is 12.2 Å². The van der Waals surface area contributed by atoms with Gasteiger partial charge < -0.3 is 15.4 Å². The van der Waals surface area contributed by atoms with Crippen LogP contribution in [0.25, 0.3) is 0 Å². The van der Waals surface area contributed by atoms with Crippen molar-refractivity contribution in [2.45, 2.75) is 19.9 Å². The van der Waals surface area contributed by atoms with Gasteiger partial charge >= 0.3 is 5.97 Å². The maximum atomic E-state index is 11.3. The van der Waals surface area contributed by atoms with Crippen LogP contribution in [-0.2, 0) is 9.53 Å². The molecule has 0 aliphatic heterocycles. The van der Waals surface area contributed by atoms with E-state index in [-0.39, 0.29) is 23.5 Å². The minimum atomic E-state index is -0.354. The molecule has 0 radical (unpaired) electrons. The summed E-state index contributed by atoms with van der Waals surface area (Å²) in [5.74, 6) is 0.0497. The fourth-order valence-electron chi connectivity index (χ4n) is 1.31. The fourth-order valence-corrected chi connectivity index (χ4v) is 1.43. The Morgan fingerprint density at radius 2 is 2.28 bits per heavy atom. The number of esters is 1. The van der Waals surface area contributed by atoms with Crippen molar-refractivity contribution in [2.75, 3.05) is 18.6 Å². The number of carbonyl (C=O) groups is 1. The van der Waals surface area contributed by atoms with Crippen LogP contribution in [0.1, 0.15) is 19.5 Å². The highest BCUT2D eigenvalue weighted by Crippen LogP contribution is 2.11. The number of anilines is 1. The van der Waals surface area contributed by atoms with Gasteiger partial charge in [0, 0.05) is 12.2 Å². The summed E-state index contributed by atoms with van der Waals surface area (Å²) in [6.07, 6.45) is 1.56. The number of nitrogens with zero attached hydrogens (tertiary/aromatic N) is 3. The summed E-state index contributed by atoms with van der Waals surface area (Å²) in [5, 5.41) is 0. The van der Waals surface area contributed by atoms with Crippen molar-refractivity contribution in [3.05, 3.63) is 18.0 Å². The minimum absolute atomic E-state index is 0.0469. The number of carbonyl (C=O) groups excluding carboxylic acids is 1. The highest BCUT2D eigenvalue weighted by molar-refractivity contribution is 7.80. The van der Waals surface area contributed by atoms with Gasteiger partial charge in [-0.25, -0.2) is 9.97 Å². The lowest BCUT2D eigenvalue weighted by atomic mass is 10.3. The van der Waals surface area contributed by atoms with Crippen molar-refractivity contribution >= 4 is 29.1 Å². The summed E-state index contributed by atoms with van der Waals surface area (Å²) in [7, 11) is 1.34. The van der Waals surface area contributed by atoms with Gasteiger partial charge in [0.15, 0.2) is 0 Å². The lowest BCUT2D eigenvalue weighted by Gasteiger charge is -2.25. The molecule has 1 rings (SSSR count). The standard InChI is InChI=1S/C11H16N4O2S/c1-7(2)15(6-9(16)17-3)11-13-5-4-8(14-11)10(12)18/h4-5,7H,6H2,1-3H3,(H2,12,18). The Morgan fingerprint density at radius 3 is 2.78 bits per heavy atom. The van der Waals surface area contributed by atoms with Crippen LogP contribution in [0.3, 0.4) is 0 Å². The van der Waals surface area contributed by atoms with E-state index in [0.29, 0.717) is 11.6 Å². The highest BCUT2D eigenvalue weighted by atomic mass is 32.1. The summed E-state index contributed by atoms with van der Waals surface area (Å²) in [5.41, 5.74) is 5.99. The van der Waals surface area contributed by atoms with Crippen molar-refractivity contribution in [1.82, 2.24) is 9.97 Å². The van der Waals surface area contributed by atoms with Gasteiger partial charge in [0.05, 0.1) is 7.11 Å². The predicted molar refractivity (Wildman–Crippen MR) is 72.4 cm³/mol. The van der Waals surface area contributed by atoms with Crippen LogP contribution in [0.15, 0.2) is 12.3 Å². The fraction of sp³-hybridized carbons (Fsp3) is 0.455. The summed E-state index contributed by atoms with van der Waals surface area (Å²) >= 11 is 4.86. The van der Waals surface area contributed by atoms with Crippen LogP contribution in [0, 0.1) is 0 Å². The van der Waals surface area contributed by atoms with E-state index in [4.69, 9.17) is 18.0 Å². The molecule has 1 aromatic heterocycles. The van der Waals surface area contributed by atoms with Gasteiger partial charge in [-0.2, -0.15) is 0 Å². The molecule has 0 fully saturated rings. The minimum Gasteiger partial charge on any atom is -0.468 e. The van der Waals surface area contributed by atoms with Gasteiger partial charge in [-0.1, -0.05) is 12.2 Å². The molecule has 0 saturated heterocycles. The van der Waals surface area contributed by atoms with Crippen molar-refractivity contribution in [3.63, 3.8) is 0 Å². The van der Waals surface area contributed by atoms with E-state index in [0.717, 1.165) is 0 Å². The maximum Gasteiger partial charge on any atom is 0.325 e. The average Bonchev–Trinajstić information content (AvgIpc) is 2.35. The second-order valence-corrected chi connectivity index (χ2v) is 4.34. The molecule has 0 aliphatic rings. The zero-order valence-electron chi connectivity index (χ0n) is 10.6. The van der Waals surface area contributed by atoms with Crippen molar-refractivity contribution in [3.8, 4) is 0 Å². The van der Waals surface area contributed by atoms with E-state index in [1.54, 1.807) is 17.2 Å². The Morgan fingerprint density at radius 1 is 1.61 bits per heavy atom. The molecule has 0 unspecified atom stereocenters. The Kier molecular flexibility index (Phi) is 4.96. The number of hydrogen-bond acceptors (Lipinski definition) is 6. The van der Waals surface area contributed by atoms with Gasteiger partial charge in [0.1, 0.15) is 17.2 Å². The van der Waals surface area contributed by atoms with Gasteiger partial charge in [-0.05, 0) is 19.9 Å². The maximum absolute atomic E-state index is 11.3. The Labute approximate surface area is 111 Å². The molecule has 0 saturated carbocycles. The largest absolute Gasteiger partial charge is 0.468 e. The first-order chi connectivity index (χ1) is 8.45. The lowest BCUT2D eigenvalue weighted by Crippen LogP contribution is -2.37. The monoisotopic (exact) mass is 268 g/mol. The second-order valence-electron chi connectivity index (χ2n) is 3.90. The number of nitrogens with two attached hydrogens (primary N) is 1. The van der Waals surface area contributed by atoms with E-state index in [1.165, 1.54) is 7.11 Å². The molecule has 1 aromatic rings. The van der Waals surface area contributed by atoms with Gasteiger partial charge in [-0.15, -0.1) is 0 Å². The highest BCUT2D eigenvalue weighted by Gasteiger charge is 2.18. The zero-order valence-corrected chi connectivity index (χ0v) is 11.4. The quantitative estimate of drug-likeness (QED) is 0.615. The first-order valence-electron chi connectivity index (χ1n) is 5.42. The molecule has 18 heavy (non-hydrogen) atoms. The molecule has 98 valence electrons. The van der Waals surface area contributed by atoms with Gasteiger partial charge in [0.25, 0.3) is 0 Å². The first kappa shape index (κ1) is 14.3. The summed E-state index contributed by atoms with van der Waals surface area (Å²) < 4.78 is 4.64. The molecule has 0 aliphatic carbocycles. The average molecular weight is 268 g/mol. The van der Waals surface area contributed by atoms with Crippen LogP contribution in [0.2, 0.25) is 0 Å².